The van der Waals surface area contributed by atoms with Gasteiger partial charge in [-0.05, 0) is 169 Å². The van der Waals surface area contributed by atoms with Gasteiger partial charge in [-0.25, -0.2) is 4.79 Å². The standard InChI is InChI=1S/C47H61N7O5/c1-30(2)54-22-20-32(21-23-54)26-42(55)38-9-7-8-37(27-38)41-25-34(11-10-31(41)3)24-39(45(57)49-40-18-16-36(17-19-40)44-50-52-53-51-44)28-43(56)35-14-12-33(13-15-35)29-48-46(58)59-47(4,5)6/h7-11,16-19,25,27,30,32-33,35,39H,12-15,20-24,26,28-29H2,1-6H3,(H,48,58)(H,49,57)(H,50,51,52,53)/t33?,35?,39-/m1/s1. The number of nitrogens with zero attached hydrogens (tertiary/aromatic N) is 4. The van der Waals surface area contributed by atoms with Crippen LogP contribution in [-0.4, -0.2) is 80.4 Å². The van der Waals surface area contributed by atoms with Crippen molar-refractivity contribution in [3.63, 3.8) is 0 Å². The quantitative estimate of drug-likeness (QED) is 0.100. The summed E-state index contributed by atoms with van der Waals surface area (Å²) in [6, 6.07) is 21.9. The van der Waals surface area contributed by atoms with Crippen molar-refractivity contribution < 1.29 is 23.9 Å². The molecule has 0 radical (unpaired) electrons. The third-order valence-corrected chi connectivity index (χ3v) is 11.9. The van der Waals surface area contributed by atoms with E-state index < -0.39 is 17.6 Å². The highest BCUT2D eigenvalue weighted by molar-refractivity contribution is 5.98. The Morgan fingerprint density at radius 2 is 1.61 bits per heavy atom. The number of benzene rings is 3. The molecule has 3 N–H and O–H groups in total. The SMILES string of the molecule is Cc1ccc(C[C@H](CC(=O)C2CCC(CNC(=O)OC(C)(C)C)CC2)C(=O)Nc2ccc(-c3nn[nH]n3)cc2)cc1-c1cccc(C(=O)CC2CCN(C(C)C)CC2)c1. The number of tetrazole rings is 1. The lowest BCUT2D eigenvalue weighted by atomic mass is 9.77. The van der Waals surface area contributed by atoms with E-state index in [1.165, 1.54) is 0 Å². The number of nitrogens with one attached hydrogen (secondary N) is 3. The average molecular weight is 804 g/mol. The van der Waals surface area contributed by atoms with Gasteiger partial charge in [-0.2, -0.15) is 5.21 Å². The Hall–Kier alpha value is -5.23. The fourth-order valence-corrected chi connectivity index (χ4v) is 8.43. The molecule has 2 aliphatic rings. The highest BCUT2D eigenvalue weighted by Crippen LogP contribution is 2.33. The molecule has 1 aliphatic heterocycles. The van der Waals surface area contributed by atoms with Gasteiger partial charge in [-0.15, -0.1) is 10.2 Å². The van der Waals surface area contributed by atoms with E-state index >= 15 is 0 Å². The number of amides is 2. The Balaban J connectivity index is 1.14. The van der Waals surface area contributed by atoms with Gasteiger partial charge in [0.25, 0.3) is 0 Å². The molecule has 59 heavy (non-hydrogen) atoms. The van der Waals surface area contributed by atoms with Crippen LogP contribution >= 0.6 is 0 Å². The molecule has 3 aromatic carbocycles. The lowest BCUT2D eigenvalue weighted by molar-refractivity contribution is -0.129. The van der Waals surface area contributed by atoms with Crippen LogP contribution in [0.4, 0.5) is 10.5 Å². The Kier molecular flexibility index (Phi) is 14.5. The van der Waals surface area contributed by atoms with Crippen molar-refractivity contribution in [1.82, 2.24) is 30.8 Å². The molecule has 1 aromatic heterocycles. The van der Waals surface area contributed by atoms with E-state index in [4.69, 9.17) is 4.74 Å². The van der Waals surface area contributed by atoms with Crippen molar-refractivity contribution in [2.45, 2.75) is 111 Å². The Labute approximate surface area is 348 Å². The van der Waals surface area contributed by atoms with Crippen molar-refractivity contribution in [2.75, 3.05) is 25.0 Å². The molecule has 0 bridgehead atoms. The molecular formula is C47H61N7O5. The smallest absolute Gasteiger partial charge is 0.407 e. The monoisotopic (exact) mass is 803 g/mol. The van der Waals surface area contributed by atoms with Crippen molar-refractivity contribution in [3.05, 3.63) is 83.4 Å². The van der Waals surface area contributed by atoms with Crippen LogP contribution in [0.3, 0.4) is 0 Å². The molecule has 2 amide bonds. The van der Waals surface area contributed by atoms with Gasteiger partial charge >= 0.3 is 6.09 Å². The van der Waals surface area contributed by atoms with E-state index in [2.05, 4.69) is 69.1 Å². The molecule has 1 aliphatic carbocycles. The summed E-state index contributed by atoms with van der Waals surface area (Å²) in [5.74, 6) is 0.400. The summed E-state index contributed by atoms with van der Waals surface area (Å²) < 4.78 is 5.39. The number of carbonyl (C=O) groups excluding carboxylic acids is 4. The number of aromatic nitrogens is 4. The maximum Gasteiger partial charge on any atom is 0.407 e. The summed E-state index contributed by atoms with van der Waals surface area (Å²) >= 11 is 0. The minimum Gasteiger partial charge on any atom is -0.444 e. The largest absolute Gasteiger partial charge is 0.444 e. The van der Waals surface area contributed by atoms with Crippen LogP contribution in [0, 0.1) is 30.6 Å². The third-order valence-electron chi connectivity index (χ3n) is 11.9. The zero-order chi connectivity index (χ0) is 42.1. The lowest BCUT2D eigenvalue weighted by Gasteiger charge is -2.34. The van der Waals surface area contributed by atoms with Gasteiger partial charge in [0.15, 0.2) is 5.78 Å². The van der Waals surface area contributed by atoms with Crippen molar-refractivity contribution in [3.8, 4) is 22.5 Å². The summed E-state index contributed by atoms with van der Waals surface area (Å²) in [6.07, 6.45) is 5.76. The molecule has 1 saturated carbocycles. The number of hydrogen-bond donors (Lipinski definition) is 3. The van der Waals surface area contributed by atoms with E-state index in [0.717, 1.165) is 72.2 Å². The zero-order valence-corrected chi connectivity index (χ0v) is 35.6. The number of anilines is 1. The molecule has 2 heterocycles. The summed E-state index contributed by atoms with van der Waals surface area (Å²) in [5.41, 5.74) is 5.49. The molecule has 12 heteroatoms. The second-order valence-electron chi connectivity index (χ2n) is 17.9. The van der Waals surface area contributed by atoms with Gasteiger partial charge in [0.05, 0.1) is 0 Å². The number of hydrogen-bond acceptors (Lipinski definition) is 9. The first-order valence-electron chi connectivity index (χ1n) is 21.3. The first-order chi connectivity index (χ1) is 28.2. The van der Waals surface area contributed by atoms with E-state index in [-0.39, 0.29) is 35.7 Å². The normalized spacial score (nSPS) is 18.3. The number of ketones is 2. The number of carbonyl (C=O) groups is 4. The van der Waals surface area contributed by atoms with Crippen LogP contribution < -0.4 is 10.6 Å². The fourth-order valence-electron chi connectivity index (χ4n) is 8.43. The first kappa shape index (κ1) is 43.4. The number of alkyl carbamates (subject to hydrolysis) is 1. The molecule has 2 fully saturated rings. The minimum atomic E-state index is -0.614. The molecule has 1 saturated heterocycles. The van der Waals surface area contributed by atoms with Crippen molar-refractivity contribution in [1.29, 1.82) is 0 Å². The number of ether oxygens (including phenoxy) is 1. The highest BCUT2D eigenvalue weighted by Gasteiger charge is 2.31. The number of Topliss-reactive ketones (excluding diaryl/α,β-unsaturated/α-hetero) is 2. The first-order valence-corrected chi connectivity index (χ1v) is 21.3. The summed E-state index contributed by atoms with van der Waals surface area (Å²) in [7, 11) is 0. The van der Waals surface area contributed by atoms with Crippen molar-refractivity contribution >= 4 is 29.3 Å². The van der Waals surface area contributed by atoms with Crippen LogP contribution in [0.1, 0.15) is 107 Å². The van der Waals surface area contributed by atoms with Gasteiger partial charge in [-0.3, -0.25) is 14.4 Å². The van der Waals surface area contributed by atoms with Gasteiger partial charge < -0.3 is 20.3 Å². The topological polar surface area (TPSA) is 159 Å². The zero-order valence-electron chi connectivity index (χ0n) is 35.6. The minimum absolute atomic E-state index is 0.0876. The maximum atomic E-state index is 14.1. The van der Waals surface area contributed by atoms with E-state index in [9.17, 15) is 19.2 Å². The van der Waals surface area contributed by atoms with Gasteiger partial charge in [0.2, 0.25) is 11.7 Å². The van der Waals surface area contributed by atoms with Crippen LogP contribution in [0.5, 0.6) is 0 Å². The van der Waals surface area contributed by atoms with E-state index in [1.54, 1.807) is 12.1 Å². The number of aromatic amines is 1. The second-order valence-corrected chi connectivity index (χ2v) is 17.9. The number of piperidine rings is 1. The van der Waals surface area contributed by atoms with Gasteiger partial charge in [0.1, 0.15) is 11.4 Å². The fraction of sp³-hybridized carbons (Fsp3) is 0.511. The Morgan fingerprint density at radius 3 is 2.27 bits per heavy atom. The summed E-state index contributed by atoms with van der Waals surface area (Å²) in [4.78, 5) is 56.3. The summed E-state index contributed by atoms with van der Waals surface area (Å²) in [5, 5.41) is 20.1. The molecule has 314 valence electrons. The molecule has 1 atom stereocenters. The van der Waals surface area contributed by atoms with Crippen molar-refractivity contribution in [2.24, 2.45) is 23.7 Å². The van der Waals surface area contributed by atoms with Gasteiger partial charge in [-0.1, -0.05) is 36.4 Å². The molecule has 6 rings (SSSR count). The van der Waals surface area contributed by atoms with Crippen LogP contribution in [0.2, 0.25) is 0 Å². The maximum absolute atomic E-state index is 14.1. The molecular weight excluding hydrogens is 743 g/mol. The summed E-state index contributed by atoms with van der Waals surface area (Å²) in [6.45, 7) is 14.6. The van der Waals surface area contributed by atoms with Crippen LogP contribution in [-0.2, 0) is 20.7 Å². The molecule has 0 spiro atoms. The second kappa shape index (κ2) is 19.7. The molecule has 12 nitrogen and oxygen atoms in total. The predicted octanol–water partition coefficient (Wildman–Crippen LogP) is 8.62. The molecule has 0 unspecified atom stereocenters. The predicted molar refractivity (Wildman–Crippen MR) is 230 cm³/mol. The molecule has 4 aromatic rings. The number of likely N-dealkylation sites (tertiary alicyclic amines) is 1. The lowest BCUT2D eigenvalue weighted by Crippen LogP contribution is -2.38. The number of aryl methyl sites for hydroxylation is 1. The van der Waals surface area contributed by atoms with Gasteiger partial charge in [0, 0.05) is 54.1 Å². The van der Waals surface area contributed by atoms with E-state index in [1.807, 2.05) is 63.2 Å². The van der Waals surface area contributed by atoms with E-state index in [0.29, 0.717) is 55.7 Å². The Morgan fingerprint density at radius 1 is 0.881 bits per heavy atom. The third kappa shape index (κ3) is 12.4. The highest BCUT2D eigenvalue weighted by atomic mass is 16.6. The number of H-pyrrole nitrogens is 1. The van der Waals surface area contributed by atoms with Crippen LogP contribution in [0.15, 0.2) is 66.7 Å². The van der Waals surface area contributed by atoms with Crippen LogP contribution in [0.25, 0.3) is 22.5 Å². The average Bonchev–Trinajstić information content (AvgIpc) is 3.76. The Bertz CT molecular complexity index is 2040. The number of rotatable bonds is 15.